The highest BCUT2D eigenvalue weighted by molar-refractivity contribution is 5.78. The van der Waals surface area contributed by atoms with Crippen molar-refractivity contribution in [3.8, 4) is 0 Å². The van der Waals surface area contributed by atoms with Gasteiger partial charge in [-0.05, 0) is 46.3 Å². The topological polar surface area (TPSA) is 41.6 Å². The monoisotopic (exact) mass is 228 g/mol. The van der Waals surface area contributed by atoms with E-state index in [0.29, 0.717) is 0 Å². The van der Waals surface area contributed by atoms with Gasteiger partial charge in [-0.2, -0.15) is 0 Å². The average Bonchev–Trinajstić information content (AvgIpc) is 2.29. The van der Waals surface area contributed by atoms with E-state index in [9.17, 15) is 4.79 Å². The van der Waals surface area contributed by atoms with Crippen LogP contribution in [0.25, 0.3) is 0 Å². The van der Waals surface area contributed by atoms with Crippen LogP contribution in [0.3, 0.4) is 0 Å². The molecule has 16 heavy (non-hydrogen) atoms. The fourth-order valence-electron chi connectivity index (χ4n) is 1.95. The van der Waals surface area contributed by atoms with Crippen LogP contribution in [-0.4, -0.2) is 50.7 Å². The van der Waals surface area contributed by atoms with Gasteiger partial charge in [-0.1, -0.05) is 0 Å². The lowest BCUT2D eigenvalue weighted by Gasteiger charge is -2.28. The number of hydrogen-bond donors (Lipinski definition) is 1. The summed E-state index contributed by atoms with van der Waals surface area (Å²) in [6, 6.07) is 0. The van der Waals surface area contributed by atoms with Crippen LogP contribution in [0.1, 0.15) is 26.2 Å². The molecule has 0 aromatic carbocycles. The molecule has 0 bridgehead atoms. The molecule has 0 spiro atoms. The summed E-state index contributed by atoms with van der Waals surface area (Å²) in [7, 11) is 2.11. The van der Waals surface area contributed by atoms with E-state index < -0.39 is 0 Å². The second-order valence-electron chi connectivity index (χ2n) is 4.42. The molecule has 4 nitrogen and oxygen atoms in total. The molecule has 0 aromatic heterocycles. The smallest absolute Gasteiger partial charge is 0.223 e. The van der Waals surface area contributed by atoms with Crippen molar-refractivity contribution in [3.05, 3.63) is 0 Å². The van der Waals surface area contributed by atoms with Crippen LogP contribution in [0.2, 0.25) is 0 Å². The van der Waals surface area contributed by atoms with Gasteiger partial charge in [0, 0.05) is 25.7 Å². The highest BCUT2D eigenvalue weighted by atomic mass is 16.5. The normalized spacial score (nSPS) is 18.6. The zero-order valence-corrected chi connectivity index (χ0v) is 10.5. The number of likely N-dealkylation sites (tertiary alicyclic amines) is 1. The summed E-state index contributed by atoms with van der Waals surface area (Å²) in [6.45, 7) is 6.30. The Morgan fingerprint density at radius 2 is 2.12 bits per heavy atom. The zero-order valence-electron chi connectivity index (χ0n) is 10.5. The number of hydrogen-bond acceptors (Lipinski definition) is 3. The lowest BCUT2D eigenvalue weighted by atomic mass is 9.96. The van der Waals surface area contributed by atoms with Gasteiger partial charge >= 0.3 is 0 Å². The maximum absolute atomic E-state index is 11.8. The van der Waals surface area contributed by atoms with Crippen LogP contribution in [0.15, 0.2) is 0 Å². The van der Waals surface area contributed by atoms with Crippen molar-refractivity contribution in [3.63, 3.8) is 0 Å². The van der Waals surface area contributed by atoms with Gasteiger partial charge in [0.1, 0.15) is 0 Å². The number of ether oxygens (including phenoxy) is 1. The number of nitrogens with one attached hydrogen (secondary N) is 1. The van der Waals surface area contributed by atoms with Gasteiger partial charge in [-0.25, -0.2) is 0 Å². The number of piperidine rings is 1. The highest BCUT2D eigenvalue weighted by Crippen LogP contribution is 2.15. The van der Waals surface area contributed by atoms with Gasteiger partial charge < -0.3 is 15.0 Å². The molecule has 1 saturated heterocycles. The number of amides is 1. The maximum Gasteiger partial charge on any atom is 0.223 e. The van der Waals surface area contributed by atoms with Crippen molar-refractivity contribution in [1.82, 2.24) is 10.2 Å². The Morgan fingerprint density at radius 1 is 1.44 bits per heavy atom. The van der Waals surface area contributed by atoms with E-state index in [1.165, 1.54) is 0 Å². The summed E-state index contributed by atoms with van der Waals surface area (Å²) in [4.78, 5) is 14.0. The van der Waals surface area contributed by atoms with Gasteiger partial charge in [0.25, 0.3) is 0 Å². The Morgan fingerprint density at radius 3 is 2.75 bits per heavy atom. The van der Waals surface area contributed by atoms with Gasteiger partial charge in [0.2, 0.25) is 5.91 Å². The first kappa shape index (κ1) is 13.5. The van der Waals surface area contributed by atoms with Crippen LogP contribution in [0.5, 0.6) is 0 Å². The Hall–Kier alpha value is -0.610. The first-order valence-electron chi connectivity index (χ1n) is 6.28. The van der Waals surface area contributed by atoms with Crippen LogP contribution in [-0.2, 0) is 9.53 Å². The number of rotatable bonds is 6. The fourth-order valence-corrected chi connectivity index (χ4v) is 1.95. The third kappa shape index (κ3) is 4.94. The molecule has 0 unspecified atom stereocenters. The van der Waals surface area contributed by atoms with Crippen LogP contribution >= 0.6 is 0 Å². The van der Waals surface area contributed by atoms with Crippen LogP contribution in [0.4, 0.5) is 0 Å². The molecule has 1 fully saturated rings. The fraction of sp³-hybridized carbons (Fsp3) is 0.917. The molecule has 1 aliphatic heterocycles. The Kier molecular flexibility index (Phi) is 6.42. The Balaban J connectivity index is 2.06. The molecule has 1 heterocycles. The molecule has 1 N–H and O–H groups in total. The minimum Gasteiger partial charge on any atom is -0.382 e. The van der Waals surface area contributed by atoms with E-state index in [4.69, 9.17) is 4.74 Å². The minimum atomic E-state index is 0.225. The van der Waals surface area contributed by atoms with E-state index >= 15 is 0 Å². The van der Waals surface area contributed by atoms with Gasteiger partial charge in [-0.15, -0.1) is 0 Å². The van der Waals surface area contributed by atoms with Crippen molar-refractivity contribution in [2.75, 3.05) is 39.9 Å². The van der Waals surface area contributed by atoms with Gasteiger partial charge in [0.05, 0.1) is 0 Å². The highest BCUT2D eigenvalue weighted by Gasteiger charge is 2.22. The van der Waals surface area contributed by atoms with Crippen molar-refractivity contribution in [2.45, 2.75) is 26.2 Å². The second-order valence-corrected chi connectivity index (χ2v) is 4.42. The third-order valence-electron chi connectivity index (χ3n) is 3.06. The second kappa shape index (κ2) is 7.63. The Labute approximate surface area is 98.3 Å². The lowest BCUT2D eigenvalue weighted by molar-refractivity contribution is -0.126. The van der Waals surface area contributed by atoms with Crippen molar-refractivity contribution in [2.24, 2.45) is 5.92 Å². The first-order valence-corrected chi connectivity index (χ1v) is 6.28. The summed E-state index contributed by atoms with van der Waals surface area (Å²) in [5, 5.41) is 2.99. The van der Waals surface area contributed by atoms with Gasteiger partial charge in [-0.3, -0.25) is 4.79 Å². The van der Waals surface area contributed by atoms with E-state index in [1.807, 2.05) is 6.92 Å². The van der Waals surface area contributed by atoms with Crippen LogP contribution < -0.4 is 5.32 Å². The summed E-state index contributed by atoms with van der Waals surface area (Å²) in [5.74, 6) is 0.452. The molecule has 1 aliphatic rings. The summed E-state index contributed by atoms with van der Waals surface area (Å²) in [5.41, 5.74) is 0. The van der Waals surface area contributed by atoms with Crippen molar-refractivity contribution in [1.29, 1.82) is 0 Å². The average molecular weight is 228 g/mol. The van der Waals surface area contributed by atoms with Crippen LogP contribution in [0, 0.1) is 5.92 Å². The molecule has 0 aliphatic carbocycles. The van der Waals surface area contributed by atoms with E-state index in [1.54, 1.807) is 0 Å². The summed E-state index contributed by atoms with van der Waals surface area (Å²) >= 11 is 0. The SMILES string of the molecule is CCOCCCNC(=O)C1CCN(C)CC1. The summed E-state index contributed by atoms with van der Waals surface area (Å²) in [6.07, 6.45) is 2.90. The molecule has 0 radical (unpaired) electrons. The molecule has 0 atom stereocenters. The first-order chi connectivity index (χ1) is 7.74. The zero-order chi connectivity index (χ0) is 11.8. The predicted octanol–water partition coefficient (Wildman–Crippen LogP) is 0.871. The van der Waals surface area contributed by atoms with Crippen molar-refractivity contribution < 1.29 is 9.53 Å². The Bertz CT molecular complexity index is 201. The predicted molar refractivity (Wildman–Crippen MR) is 64.3 cm³/mol. The molecule has 4 heteroatoms. The third-order valence-corrected chi connectivity index (χ3v) is 3.06. The molecule has 0 saturated carbocycles. The minimum absolute atomic E-state index is 0.225. The molecule has 0 aromatic rings. The van der Waals surface area contributed by atoms with Gasteiger partial charge in [0.15, 0.2) is 0 Å². The number of nitrogens with zero attached hydrogens (tertiary/aromatic N) is 1. The lowest BCUT2D eigenvalue weighted by Crippen LogP contribution is -2.39. The van der Waals surface area contributed by atoms with Crippen molar-refractivity contribution >= 4 is 5.91 Å². The standard InChI is InChI=1S/C12H24N2O2/c1-3-16-10-4-7-13-12(15)11-5-8-14(2)9-6-11/h11H,3-10H2,1-2H3,(H,13,15). The summed E-state index contributed by atoms with van der Waals surface area (Å²) < 4.78 is 5.22. The quantitative estimate of drug-likeness (QED) is 0.686. The van der Waals surface area contributed by atoms with E-state index in [0.717, 1.165) is 52.1 Å². The molecular weight excluding hydrogens is 204 g/mol. The molecule has 1 rings (SSSR count). The van der Waals surface area contributed by atoms with E-state index in [2.05, 4.69) is 17.3 Å². The van der Waals surface area contributed by atoms with E-state index in [-0.39, 0.29) is 11.8 Å². The molecule has 94 valence electrons. The molecule has 1 amide bonds. The number of carbonyl (C=O) groups excluding carboxylic acids is 1. The largest absolute Gasteiger partial charge is 0.382 e. The maximum atomic E-state index is 11.8. The number of carbonyl (C=O) groups is 1. The molecular formula is C12H24N2O2.